The molecule has 0 saturated carbocycles. The second kappa shape index (κ2) is 3.56. The van der Waals surface area contributed by atoms with Gasteiger partial charge in [0.2, 0.25) is 0 Å². The molecule has 1 heterocycles. The third kappa shape index (κ3) is 1.36. The molecule has 0 fully saturated rings. The fourth-order valence-electron chi connectivity index (χ4n) is 2.13. The van der Waals surface area contributed by atoms with Crippen LogP contribution in [0, 0.1) is 0 Å². The Hall–Kier alpha value is -2.42. The van der Waals surface area contributed by atoms with E-state index in [-0.39, 0.29) is 5.43 Å². The molecule has 3 rings (SSSR count). The van der Waals surface area contributed by atoms with E-state index >= 15 is 0 Å². The van der Waals surface area contributed by atoms with Gasteiger partial charge in [-0.05, 0) is 29.0 Å². The number of hydrogen-bond acceptors (Lipinski definition) is 2. The van der Waals surface area contributed by atoms with E-state index in [1.807, 2.05) is 24.3 Å². The number of nitrogens with one attached hydrogen (secondary N) is 1. The number of fused-ring (bicyclic) bond motifs is 3. The summed E-state index contributed by atoms with van der Waals surface area (Å²) in [6.45, 7) is 0. The number of aldehydes is 1. The van der Waals surface area contributed by atoms with E-state index in [2.05, 4.69) is 4.98 Å². The number of benzene rings is 2. The summed E-state index contributed by atoms with van der Waals surface area (Å²) in [6.07, 6.45) is 2.55. The van der Waals surface area contributed by atoms with Crippen molar-refractivity contribution >= 4 is 28.0 Å². The van der Waals surface area contributed by atoms with Crippen molar-refractivity contribution in [1.82, 2.24) is 4.98 Å². The maximum absolute atomic E-state index is 11.9. The van der Waals surface area contributed by atoms with Gasteiger partial charge in [0.05, 0.1) is 10.9 Å². The SMILES string of the molecule is O=Cc1ccc(=O)c2c1ccc1ccc[nH]c12. The van der Waals surface area contributed by atoms with Crippen LogP contribution >= 0.6 is 0 Å². The average molecular weight is 223 g/mol. The number of pyridine rings is 1. The number of aromatic amines is 1. The van der Waals surface area contributed by atoms with E-state index in [0.717, 1.165) is 17.2 Å². The molecule has 0 atom stereocenters. The molecule has 2 aromatic carbocycles. The molecule has 0 aliphatic heterocycles. The Labute approximate surface area is 96.7 Å². The van der Waals surface area contributed by atoms with E-state index < -0.39 is 0 Å². The van der Waals surface area contributed by atoms with Crippen molar-refractivity contribution in [3.8, 4) is 0 Å². The molecule has 17 heavy (non-hydrogen) atoms. The summed E-state index contributed by atoms with van der Waals surface area (Å²) in [4.78, 5) is 26.0. The lowest BCUT2D eigenvalue weighted by atomic mass is 10.0. The van der Waals surface area contributed by atoms with E-state index in [9.17, 15) is 9.59 Å². The summed E-state index contributed by atoms with van der Waals surface area (Å²) in [7, 11) is 0. The Morgan fingerprint density at radius 2 is 1.94 bits per heavy atom. The van der Waals surface area contributed by atoms with Crippen LogP contribution in [0.25, 0.3) is 21.7 Å². The van der Waals surface area contributed by atoms with Gasteiger partial charge in [0, 0.05) is 11.8 Å². The fourth-order valence-corrected chi connectivity index (χ4v) is 2.13. The molecule has 0 unspecified atom stereocenters. The van der Waals surface area contributed by atoms with Gasteiger partial charge in [0.1, 0.15) is 0 Å². The van der Waals surface area contributed by atoms with Gasteiger partial charge in [-0.25, -0.2) is 0 Å². The number of carbonyl (C=O) groups is 1. The molecule has 3 heteroatoms. The number of hydrogen-bond donors (Lipinski definition) is 1. The van der Waals surface area contributed by atoms with E-state index in [0.29, 0.717) is 16.3 Å². The van der Waals surface area contributed by atoms with Crippen LogP contribution in [0.15, 0.2) is 47.4 Å². The van der Waals surface area contributed by atoms with Crippen LogP contribution in [0.3, 0.4) is 0 Å². The highest BCUT2D eigenvalue weighted by atomic mass is 16.1. The largest absolute Gasteiger partial charge is 0.361 e. The molecule has 0 bridgehead atoms. The Morgan fingerprint density at radius 1 is 1.06 bits per heavy atom. The minimum Gasteiger partial charge on any atom is -0.361 e. The first-order chi connectivity index (χ1) is 8.31. The number of aromatic nitrogens is 1. The summed E-state index contributed by atoms with van der Waals surface area (Å²) in [5, 5.41) is 2.23. The molecule has 1 aromatic heterocycles. The summed E-state index contributed by atoms with van der Waals surface area (Å²) in [6, 6.07) is 10.5. The molecular formula is C14H9NO2. The lowest BCUT2D eigenvalue weighted by Crippen LogP contribution is -2.02. The number of H-pyrrole nitrogens is 1. The molecule has 0 radical (unpaired) electrons. The fraction of sp³-hybridized carbons (Fsp3) is 0. The lowest BCUT2D eigenvalue weighted by molar-refractivity contribution is 0.112. The maximum Gasteiger partial charge on any atom is 0.188 e. The van der Waals surface area contributed by atoms with Gasteiger partial charge in [0.25, 0.3) is 0 Å². The van der Waals surface area contributed by atoms with Gasteiger partial charge >= 0.3 is 0 Å². The van der Waals surface area contributed by atoms with Crippen molar-refractivity contribution < 1.29 is 4.79 Å². The van der Waals surface area contributed by atoms with Crippen molar-refractivity contribution in [2.45, 2.75) is 0 Å². The van der Waals surface area contributed by atoms with Crippen molar-refractivity contribution in [2.24, 2.45) is 0 Å². The zero-order valence-corrected chi connectivity index (χ0v) is 8.94. The van der Waals surface area contributed by atoms with E-state index in [1.165, 1.54) is 6.07 Å². The van der Waals surface area contributed by atoms with Gasteiger partial charge in [-0.2, -0.15) is 0 Å². The molecule has 3 aromatic rings. The van der Waals surface area contributed by atoms with Gasteiger partial charge in [-0.1, -0.05) is 18.2 Å². The molecule has 0 amide bonds. The Morgan fingerprint density at radius 3 is 2.76 bits per heavy atom. The third-order valence-electron chi connectivity index (χ3n) is 2.94. The summed E-state index contributed by atoms with van der Waals surface area (Å²) >= 11 is 0. The first-order valence-corrected chi connectivity index (χ1v) is 5.29. The molecule has 82 valence electrons. The Balaban J connectivity index is 2.67. The lowest BCUT2D eigenvalue weighted by Gasteiger charge is -2.04. The van der Waals surface area contributed by atoms with Crippen LogP contribution < -0.4 is 5.43 Å². The van der Waals surface area contributed by atoms with Gasteiger partial charge < -0.3 is 4.98 Å². The second-order valence-electron chi connectivity index (χ2n) is 3.89. The maximum atomic E-state index is 11.9. The monoisotopic (exact) mass is 223 g/mol. The highest BCUT2D eigenvalue weighted by Gasteiger charge is 2.07. The quantitative estimate of drug-likeness (QED) is 0.509. The molecular weight excluding hydrogens is 214 g/mol. The van der Waals surface area contributed by atoms with Gasteiger partial charge in [-0.15, -0.1) is 0 Å². The minimum absolute atomic E-state index is 0.0707. The van der Waals surface area contributed by atoms with Crippen molar-refractivity contribution in [3.05, 3.63) is 58.4 Å². The Kier molecular flexibility index (Phi) is 2.05. The Bertz CT molecular complexity index is 787. The molecule has 0 aliphatic rings. The van der Waals surface area contributed by atoms with Crippen LogP contribution in [-0.2, 0) is 0 Å². The van der Waals surface area contributed by atoms with Crippen LogP contribution in [0.2, 0.25) is 0 Å². The topological polar surface area (TPSA) is 49.9 Å². The molecule has 1 N–H and O–H groups in total. The third-order valence-corrected chi connectivity index (χ3v) is 2.94. The normalized spacial score (nSPS) is 10.8. The minimum atomic E-state index is -0.0707. The number of carbonyl (C=O) groups excluding carboxylic acids is 1. The zero-order valence-electron chi connectivity index (χ0n) is 8.94. The summed E-state index contributed by atoms with van der Waals surface area (Å²) in [5.41, 5.74) is 1.25. The second-order valence-corrected chi connectivity index (χ2v) is 3.89. The zero-order chi connectivity index (χ0) is 11.8. The highest BCUT2D eigenvalue weighted by molar-refractivity contribution is 6.10. The molecule has 0 saturated heterocycles. The van der Waals surface area contributed by atoms with Gasteiger partial charge in [0.15, 0.2) is 11.7 Å². The van der Waals surface area contributed by atoms with Crippen molar-refractivity contribution in [1.29, 1.82) is 0 Å². The summed E-state index contributed by atoms with van der Waals surface area (Å²) < 4.78 is 0. The van der Waals surface area contributed by atoms with E-state index in [1.54, 1.807) is 12.3 Å². The molecule has 0 spiro atoms. The van der Waals surface area contributed by atoms with Gasteiger partial charge in [-0.3, -0.25) is 9.59 Å². The van der Waals surface area contributed by atoms with Crippen LogP contribution in [0.4, 0.5) is 0 Å². The predicted molar refractivity (Wildman–Crippen MR) is 67.5 cm³/mol. The smallest absolute Gasteiger partial charge is 0.188 e. The highest BCUT2D eigenvalue weighted by Crippen LogP contribution is 2.22. The van der Waals surface area contributed by atoms with Crippen LogP contribution in [-0.4, -0.2) is 11.3 Å². The average Bonchev–Trinajstić information content (AvgIpc) is 2.39. The molecule has 3 nitrogen and oxygen atoms in total. The van der Waals surface area contributed by atoms with Crippen molar-refractivity contribution in [3.63, 3.8) is 0 Å². The number of rotatable bonds is 1. The first-order valence-electron chi connectivity index (χ1n) is 5.29. The van der Waals surface area contributed by atoms with Crippen LogP contribution in [0.5, 0.6) is 0 Å². The molecule has 0 aliphatic carbocycles. The standard InChI is InChI=1S/C14H9NO2/c16-8-10-4-6-12(17)13-11(10)5-3-9-2-1-7-15-14(9)13/h1-8,15H. The first kappa shape index (κ1) is 9.78. The predicted octanol–water partition coefficient (Wildman–Crippen LogP) is 2.49. The van der Waals surface area contributed by atoms with Crippen LogP contribution in [0.1, 0.15) is 10.4 Å². The van der Waals surface area contributed by atoms with E-state index in [4.69, 9.17) is 0 Å². The summed E-state index contributed by atoms with van der Waals surface area (Å²) in [5.74, 6) is 0. The van der Waals surface area contributed by atoms with Crippen molar-refractivity contribution in [2.75, 3.05) is 0 Å².